The number of benzene rings is 4. The number of hydrogen-bond donors (Lipinski definition) is 4. The second-order valence-corrected chi connectivity index (χ2v) is 17.0. The van der Waals surface area contributed by atoms with Crippen molar-refractivity contribution in [1.82, 2.24) is 40.5 Å². The van der Waals surface area contributed by atoms with Gasteiger partial charge in [-0.05, 0) is 86.8 Å². The summed E-state index contributed by atoms with van der Waals surface area (Å²) in [5.74, 6) is 4.33. The minimum Gasteiger partial charge on any atom is -0.489 e. The minimum absolute atomic E-state index is 0.227. The van der Waals surface area contributed by atoms with Crippen LogP contribution in [0.2, 0.25) is 0 Å². The van der Waals surface area contributed by atoms with E-state index < -0.39 is 0 Å². The van der Waals surface area contributed by atoms with Crippen molar-refractivity contribution in [2.24, 2.45) is 0 Å². The van der Waals surface area contributed by atoms with Gasteiger partial charge < -0.3 is 39.5 Å². The SMILES string of the molecule is Bc1cc(CNCc2ncc[nH]2)c(OCc2cncc(C#N)c2)cc1OCc1cccc(-c2cccc(COc3cc(OCc4cncc(C#N)c4)c(CNCc4ncc[nH]4)cc3Br)c2C)c1C. The van der Waals surface area contributed by atoms with Gasteiger partial charge in [0.05, 0.1) is 28.7 Å². The topological polar surface area (TPSA) is 192 Å². The molecule has 68 heavy (non-hydrogen) atoms. The lowest BCUT2D eigenvalue weighted by Gasteiger charge is -2.19. The normalized spacial score (nSPS) is 10.9. The van der Waals surface area contributed by atoms with Crippen LogP contribution >= 0.6 is 15.9 Å². The number of nitrogens with one attached hydrogen (secondary N) is 4. The van der Waals surface area contributed by atoms with E-state index >= 15 is 0 Å². The quantitative estimate of drug-likeness (QED) is 0.0511. The molecule has 0 saturated heterocycles. The standard InChI is InChI=1S/C52H48BBrN10O4/c1-33-39(31-67-49-17-47(65-29-37-13-35(19-55)21-57-23-37)41(15-45(49)53)25-59-27-51-61-9-10-62-51)5-3-7-43(33)44-8-4-6-40(34(44)2)32-68-50-18-48(66-30-38-14-36(20-56)22-58-24-38)42(16-46(50)54)26-60-28-52-63-11-12-64-52/h3-18,21-24,59-60H,25-32,53H2,1-2H3,(H,61,62)(H,63,64). The molecular weight excluding hydrogens is 919 g/mol. The van der Waals surface area contributed by atoms with Gasteiger partial charge in [-0.25, -0.2) is 9.97 Å². The third kappa shape index (κ3) is 12.0. The number of aromatic amines is 2. The Balaban J connectivity index is 0.973. The Hall–Kier alpha value is -7.76. The largest absolute Gasteiger partial charge is 0.489 e. The van der Waals surface area contributed by atoms with Gasteiger partial charge in [0.15, 0.2) is 0 Å². The predicted molar refractivity (Wildman–Crippen MR) is 264 cm³/mol. The van der Waals surface area contributed by atoms with E-state index in [4.69, 9.17) is 18.9 Å². The summed E-state index contributed by atoms with van der Waals surface area (Å²) >= 11 is 3.76. The monoisotopic (exact) mass is 966 g/mol. The molecule has 4 aromatic carbocycles. The summed E-state index contributed by atoms with van der Waals surface area (Å²) in [5, 5.41) is 25.7. The van der Waals surface area contributed by atoms with Crippen LogP contribution in [0.1, 0.15) is 67.3 Å². The van der Waals surface area contributed by atoms with Gasteiger partial charge in [0.2, 0.25) is 0 Å². The Labute approximate surface area is 404 Å². The molecule has 0 atom stereocenters. The molecular formula is C52H48BBrN10O4. The molecule has 16 heteroatoms. The molecule has 4 N–H and O–H groups in total. The van der Waals surface area contributed by atoms with Crippen LogP contribution < -0.4 is 35.0 Å². The van der Waals surface area contributed by atoms with Crippen LogP contribution in [0.4, 0.5) is 0 Å². The number of ether oxygens (including phenoxy) is 4. The van der Waals surface area contributed by atoms with Gasteiger partial charge in [-0.1, -0.05) is 42.5 Å². The van der Waals surface area contributed by atoms with Gasteiger partial charge in [-0.3, -0.25) is 9.97 Å². The molecule has 0 aliphatic rings. The summed E-state index contributed by atoms with van der Waals surface area (Å²) in [4.78, 5) is 23.3. The van der Waals surface area contributed by atoms with Gasteiger partial charge in [-0.15, -0.1) is 0 Å². The first-order valence-corrected chi connectivity index (χ1v) is 22.7. The fourth-order valence-corrected chi connectivity index (χ4v) is 8.19. The van der Waals surface area contributed by atoms with Gasteiger partial charge in [0, 0.05) is 97.1 Å². The van der Waals surface area contributed by atoms with Crippen LogP contribution in [0.5, 0.6) is 23.0 Å². The van der Waals surface area contributed by atoms with E-state index in [-0.39, 0.29) is 13.2 Å². The molecule has 0 unspecified atom stereocenters. The van der Waals surface area contributed by atoms with Crippen molar-refractivity contribution in [3.8, 4) is 46.3 Å². The molecule has 0 aliphatic carbocycles. The predicted octanol–water partition coefficient (Wildman–Crippen LogP) is 7.87. The highest BCUT2D eigenvalue weighted by Crippen LogP contribution is 2.36. The molecule has 8 rings (SSSR count). The van der Waals surface area contributed by atoms with Crippen molar-refractivity contribution in [2.45, 2.75) is 66.5 Å². The van der Waals surface area contributed by atoms with Gasteiger partial charge in [-0.2, -0.15) is 10.5 Å². The molecule has 0 spiro atoms. The van der Waals surface area contributed by atoms with Gasteiger partial charge in [0.25, 0.3) is 0 Å². The van der Waals surface area contributed by atoms with Crippen molar-refractivity contribution >= 4 is 29.2 Å². The van der Waals surface area contributed by atoms with Crippen LogP contribution in [-0.4, -0.2) is 37.8 Å². The zero-order valence-corrected chi connectivity index (χ0v) is 39.5. The maximum absolute atomic E-state index is 9.40. The molecule has 14 nitrogen and oxygen atoms in total. The van der Waals surface area contributed by atoms with E-state index in [1.165, 1.54) is 12.4 Å². The van der Waals surface area contributed by atoms with Gasteiger partial charge >= 0.3 is 0 Å². The van der Waals surface area contributed by atoms with Crippen LogP contribution in [0.25, 0.3) is 11.1 Å². The lowest BCUT2D eigenvalue weighted by molar-refractivity contribution is 0.285. The Morgan fingerprint density at radius 3 is 1.56 bits per heavy atom. The van der Waals surface area contributed by atoms with Gasteiger partial charge in [0.1, 0.15) is 81.1 Å². The molecule has 340 valence electrons. The fraction of sp³-hybridized carbons (Fsp3) is 0.192. The third-order valence-electron chi connectivity index (χ3n) is 11.4. The van der Waals surface area contributed by atoms with Crippen LogP contribution in [0, 0.1) is 36.5 Å². The maximum atomic E-state index is 9.40. The molecule has 0 bridgehead atoms. The summed E-state index contributed by atoms with van der Waals surface area (Å²) in [5.41, 5.74) is 11.9. The zero-order chi connectivity index (χ0) is 47.2. The van der Waals surface area contributed by atoms with Crippen LogP contribution in [0.3, 0.4) is 0 Å². The third-order valence-corrected chi connectivity index (χ3v) is 12.0. The number of nitriles is 2. The Kier molecular flexibility index (Phi) is 15.6. The molecule has 4 heterocycles. The van der Waals surface area contributed by atoms with E-state index in [1.807, 2.05) is 26.0 Å². The summed E-state index contributed by atoms with van der Waals surface area (Å²) in [6, 6.07) is 28.4. The summed E-state index contributed by atoms with van der Waals surface area (Å²) in [7, 11) is 2.03. The van der Waals surface area contributed by atoms with E-state index in [0.717, 1.165) is 77.2 Å². The smallest absolute Gasteiger partial charge is 0.144 e. The first-order valence-electron chi connectivity index (χ1n) is 21.9. The molecule has 0 radical (unpaired) electrons. The van der Waals surface area contributed by atoms with E-state index in [0.29, 0.717) is 73.5 Å². The number of nitrogens with zero attached hydrogens (tertiary/aromatic N) is 6. The first kappa shape index (κ1) is 46.8. The summed E-state index contributed by atoms with van der Waals surface area (Å²) < 4.78 is 26.6. The zero-order valence-electron chi connectivity index (χ0n) is 37.9. The minimum atomic E-state index is 0.227. The molecule has 0 amide bonds. The highest BCUT2D eigenvalue weighted by Gasteiger charge is 2.17. The number of hydrogen-bond acceptors (Lipinski definition) is 12. The molecule has 4 aromatic heterocycles. The number of aromatic nitrogens is 6. The highest BCUT2D eigenvalue weighted by molar-refractivity contribution is 9.10. The molecule has 0 aliphatic heterocycles. The average Bonchev–Trinajstić information content (AvgIpc) is 4.09. The highest BCUT2D eigenvalue weighted by atomic mass is 79.9. The van der Waals surface area contributed by atoms with E-state index in [9.17, 15) is 10.5 Å². The van der Waals surface area contributed by atoms with Crippen molar-refractivity contribution in [1.29, 1.82) is 10.5 Å². The number of rotatable bonds is 21. The van der Waals surface area contributed by atoms with E-state index in [1.54, 1.807) is 49.3 Å². The Morgan fingerprint density at radius 1 is 0.574 bits per heavy atom. The second-order valence-electron chi connectivity index (χ2n) is 16.1. The lowest BCUT2D eigenvalue weighted by Crippen LogP contribution is -2.18. The van der Waals surface area contributed by atoms with Crippen molar-refractivity contribution in [2.75, 3.05) is 0 Å². The molecule has 0 fully saturated rings. The van der Waals surface area contributed by atoms with Crippen LogP contribution in [0.15, 0.2) is 127 Å². The molecule has 0 saturated carbocycles. The number of pyridine rings is 2. The van der Waals surface area contributed by atoms with Crippen molar-refractivity contribution < 1.29 is 18.9 Å². The van der Waals surface area contributed by atoms with Crippen LogP contribution in [-0.2, 0) is 52.6 Å². The Morgan fingerprint density at radius 2 is 1.06 bits per heavy atom. The first-order chi connectivity index (χ1) is 33.2. The maximum Gasteiger partial charge on any atom is 0.144 e. The number of imidazole rings is 2. The Bertz CT molecular complexity index is 2870. The van der Waals surface area contributed by atoms with Crippen molar-refractivity contribution in [3.63, 3.8) is 0 Å². The number of halogens is 1. The second kappa shape index (κ2) is 22.6. The lowest BCUT2D eigenvalue weighted by atomic mass is 9.91. The fourth-order valence-electron chi connectivity index (χ4n) is 7.69. The average molecular weight is 968 g/mol. The summed E-state index contributed by atoms with van der Waals surface area (Å²) in [6.07, 6.45) is 13.5. The summed E-state index contributed by atoms with van der Waals surface area (Å²) in [6.45, 7) is 7.57. The van der Waals surface area contributed by atoms with Crippen molar-refractivity contribution in [3.05, 3.63) is 194 Å². The number of H-pyrrole nitrogens is 2. The van der Waals surface area contributed by atoms with E-state index in [2.05, 4.69) is 125 Å². The molecule has 8 aromatic rings.